The van der Waals surface area contributed by atoms with Gasteiger partial charge in [-0.3, -0.25) is 9.20 Å². The predicted molar refractivity (Wildman–Crippen MR) is 96.0 cm³/mol. The van der Waals surface area contributed by atoms with Gasteiger partial charge in [0.1, 0.15) is 5.65 Å². The molecular weight excluding hydrogens is 316 g/mol. The number of benzene rings is 1. The fourth-order valence-electron chi connectivity index (χ4n) is 2.60. The summed E-state index contributed by atoms with van der Waals surface area (Å²) >= 11 is 0. The lowest BCUT2D eigenvalue weighted by Gasteiger charge is -2.02. The lowest BCUT2D eigenvalue weighted by molar-refractivity contribution is -0.136. The summed E-state index contributed by atoms with van der Waals surface area (Å²) < 4.78 is 1.95. The van der Waals surface area contributed by atoms with Crippen LogP contribution in [0.3, 0.4) is 0 Å². The van der Waals surface area contributed by atoms with Gasteiger partial charge < -0.3 is 5.11 Å². The second kappa shape index (κ2) is 6.84. The van der Waals surface area contributed by atoms with Gasteiger partial charge in [0.05, 0.1) is 17.8 Å². The van der Waals surface area contributed by atoms with E-state index in [0.29, 0.717) is 5.69 Å². The van der Waals surface area contributed by atoms with Crippen molar-refractivity contribution in [1.82, 2.24) is 9.38 Å². The molecule has 0 aliphatic carbocycles. The number of pyridine rings is 1. The Labute approximate surface area is 145 Å². The van der Waals surface area contributed by atoms with Crippen LogP contribution in [-0.4, -0.2) is 20.5 Å². The van der Waals surface area contributed by atoms with Crippen LogP contribution in [0.5, 0.6) is 0 Å². The average molecular weight is 336 g/mol. The van der Waals surface area contributed by atoms with E-state index < -0.39 is 5.97 Å². The highest BCUT2D eigenvalue weighted by molar-refractivity contribution is 5.70. The molecule has 2 aromatic heterocycles. The third kappa shape index (κ3) is 3.74. The molecule has 0 aliphatic heterocycles. The zero-order valence-electron chi connectivity index (χ0n) is 14.5. The van der Waals surface area contributed by atoms with E-state index in [-0.39, 0.29) is 12.3 Å². The number of rotatable bonds is 5. The second-order valence-electron chi connectivity index (χ2n) is 6.35. The fraction of sp³-hybridized carbons (Fsp3) is 0.263. The first-order valence-electron chi connectivity index (χ1n) is 8.15. The van der Waals surface area contributed by atoms with E-state index in [9.17, 15) is 4.79 Å². The van der Waals surface area contributed by atoms with Crippen LogP contribution in [-0.2, 0) is 11.2 Å². The van der Waals surface area contributed by atoms with Crippen LogP contribution in [0.2, 0.25) is 0 Å². The van der Waals surface area contributed by atoms with E-state index >= 15 is 0 Å². The number of aliphatic carboxylic acids is 1. The van der Waals surface area contributed by atoms with Gasteiger partial charge in [-0.15, -0.1) is 10.2 Å². The molecule has 3 rings (SSSR count). The number of carboxylic acids is 1. The van der Waals surface area contributed by atoms with Gasteiger partial charge in [0.15, 0.2) is 5.82 Å². The third-order valence-electron chi connectivity index (χ3n) is 3.87. The molecule has 0 saturated heterocycles. The largest absolute Gasteiger partial charge is 0.481 e. The summed E-state index contributed by atoms with van der Waals surface area (Å²) in [7, 11) is 0. The van der Waals surface area contributed by atoms with E-state index in [4.69, 9.17) is 5.11 Å². The lowest BCUT2D eigenvalue weighted by Crippen LogP contribution is -1.99. The Morgan fingerprint density at radius 3 is 2.52 bits per heavy atom. The van der Waals surface area contributed by atoms with Crippen LogP contribution in [0, 0.1) is 6.92 Å². The van der Waals surface area contributed by atoms with Gasteiger partial charge in [-0.05, 0) is 42.2 Å². The smallest absolute Gasteiger partial charge is 0.307 e. The summed E-state index contributed by atoms with van der Waals surface area (Å²) in [4.78, 5) is 15.4. The highest BCUT2D eigenvalue weighted by Gasteiger charge is 2.15. The van der Waals surface area contributed by atoms with Gasteiger partial charge in [0, 0.05) is 6.20 Å². The topological polar surface area (TPSA) is 79.3 Å². The highest BCUT2D eigenvalue weighted by Crippen LogP contribution is 2.29. The Bertz CT molecular complexity index is 940. The monoisotopic (exact) mass is 336 g/mol. The quantitative estimate of drug-likeness (QED) is 0.679. The molecule has 1 aromatic carbocycles. The SMILES string of the molecule is Cc1ccc2nc(C(C)C)c(N=Nc3ccc(CC(=O)O)cc3)n2c1. The molecule has 0 saturated carbocycles. The van der Waals surface area contributed by atoms with E-state index in [0.717, 1.165) is 28.3 Å². The number of fused-ring (bicyclic) bond motifs is 1. The minimum absolute atomic E-state index is 0.00145. The van der Waals surface area contributed by atoms with Gasteiger partial charge in [-0.25, -0.2) is 4.98 Å². The zero-order valence-corrected chi connectivity index (χ0v) is 14.5. The van der Waals surface area contributed by atoms with Crippen LogP contribution in [0.25, 0.3) is 5.65 Å². The van der Waals surface area contributed by atoms with Crippen LogP contribution in [0.15, 0.2) is 52.8 Å². The fourth-order valence-corrected chi connectivity index (χ4v) is 2.60. The van der Waals surface area contributed by atoms with E-state index in [2.05, 4.69) is 29.1 Å². The first-order valence-corrected chi connectivity index (χ1v) is 8.15. The minimum Gasteiger partial charge on any atom is -0.481 e. The average Bonchev–Trinajstić information content (AvgIpc) is 2.92. The number of aromatic nitrogens is 2. The van der Waals surface area contributed by atoms with Crippen molar-refractivity contribution in [3.05, 3.63) is 59.4 Å². The molecule has 2 heterocycles. The number of carboxylic acid groups (broad SMARTS) is 1. The van der Waals surface area contributed by atoms with Crippen molar-refractivity contribution in [3.63, 3.8) is 0 Å². The molecule has 6 nitrogen and oxygen atoms in total. The molecule has 0 radical (unpaired) electrons. The number of hydrogen-bond donors (Lipinski definition) is 1. The molecule has 6 heteroatoms. The Morgan fingerprint density at radius 2 is 1.88 bits per heavy atom. The van der Waals surface area contributed by atoms with Gasteiger partial charge in [-0.1, -0.05) is 32.0 Å². The van der Waals surface area contributed by atoms with Gasteiger partial charge in [-0.2, -0.15) is 0 Å². The first-order chi connectivity index (χ1) is 11.9. The molecule has 128 valence electrons. The van der Waals surface area contributed by atoms with E-state index in [1.807, 2.05) is 29.7 Å². The Hall–Kier alpha value is -3.02. The van der Waals surface area contributed by atoms with Crippen molar-refractivity contribution in [2.45, 2.75) is 33.1 Å². The molecule has 0 aliphatic rings. The Balaban J connectivity index is 1.96. The van der Waals surface area contributed by atoms with Gasteiger partial charge in [0.2, 0.25) is 0 Å². The zero-order chi connectivity index (χ0) is 18.0. The lowest BCUT2D eigenvalue weighted by atomic mass is 10.1. The minimum atomic E-state index is -0.850. The molecule has 3 aromatic rings. The maximum Gasteiger partial charge on any atom is 0.307 e. The summed E-state index contributed by atoms with van der Waals surface area (Å²) in [6.45, 7) is 6.18. The molecule has 25 heavy (non-hydrogen) atoms. The maximum atomic E-state index is 10.7. The standard InChI is InChI=1S/C19H20N4O2/c1-12(2)18-19(23-11-13(3)4-9-16(23)20-18)22-21-15-7-5-14(6-8-15)10-17(24)25/h4-9,11-12H,10H2,1-3H3,(H,24,25). The molecule has 0 bridgehead atoms. The molecule has 1 N–H and O–H groups in total. The molecule has 0 fully saturated rings. The van der Waals surface area contributed by atoms with E-state index in [1.165, 1.54) is 0 Å². The summed E-state index contributed by atoms with van der Waals surface area (Å²) in [6, 6.07) is 11.0. The normalized spacial score (nSPS) is 11.7. The number of nitrogens with zero attached hydrogens (tertiary/aromatic N) is 4. The van der Waals surface area contributed by atoms with Crippen molar-refractivity contribution in [3.8, 4) is 0 Å². The van der Waals surface area contributed by atoms with Crippen molar-refractivity contribution in [2.24, 2.45) is 10.2 Å². The van der Waals surface area contributed by atoms with Gasteiger partial charge in [0.25, 0.3) is 0 Å². The van der Waals surface area contributed by atoms with Crippen LogP contribution in [0.4, 0.5) is 11.5 Å². The van der Waals surface area contributed by atoms with E-state index in [1.54, 1.807) is 24.3 Å². The molecule has 0 atom stereocenters. The summed E-state index contributed by atoms with van der Waals surface area (Å²) in [5.41, 5.74) is 4.28. The highest BCUT2D eigenvalue weighted by atomic mass is 16.4. The summed E-state index contributed by atoms with van der Waals surface area (Å²) in [6.07, 6.45) is 2.00. The van der Waals surface area contributed by atoms with Crippen molar-refractivity contribution < 1.29 is 9.90 Å². The Morgan fingerprint density at radius 1 is 1.16 bits per heavy atom. The Kier molecular flexibility index (Phi) is 4.61. The number of imidazole rings is 1. The molecule has 0 unspecified atom stereocenters. The van der Waals surface area contributed by atoms with Gasteiger partial charge >= 0.3 is 5.97 Å². The van der Waals surface area contributed by atoms with Crippen LogP contribution >= 0.6 is 0 Å². The number of azo groups is 1. The predicted octanol–water partition coefficient (Wildman–Crippen LogP) is 4.81. The second-order valence-corrected chi connectivity index (χ2v) is 6.35. The van der Waals surface area contributed by atoms with Crippen LogP contribution in [0.1, 0.15) is 36.6 Å². The first kappa shape index (κ1) is 16.8. The van der Waals surface area contributed by atoms with Crippen molar-refractivity contribution >= 4 is 23.1 Å². The number of carbonyl (C=O) groups is 1. The van der Waals surface area contributed by atoms with Crippen LogP contribution < -0.4 is 0 Å². The third-order valence-corrected chi connectivity index (χ3v) is 3.87. The molecular formula is C19H20N4O2. The van der Waals surface area contributed by atoms with Crippen molar-refractivity contribution in [1.29, 1.82) is 0 Å². The van der Waals surface area contributed by atoms with Crippen molar-refractivity contribution in [2.75, 3.05) is 0 Å². The summed E-state index contributed by atoms with van der Waals surface area (Å²) in [5, 5.41) is 17.6. The number of aryl methyl sites for hydroxylation is 1. The molecule has 0 amide bonds. The molecule has 0 spiro atoms. The number of hydrogen-bond acceptors (Lipinski definition) is 4. The summed E-state index contributed by atoms with van der Waals surface area (Å²) in [5.74, 6) is 0.104. The maximum absolute atomic E-state index is 10.7.